The van der Waals surface area contributed by atoms with Crippen LogP contribution in [-0.4, -0.2) is 33.6 Å². The van der Waals surface area contributed by atoms with Crippen LogP contribution in [0.2, 0.25) is 0 Å². The highest BCUT2D eigenvalue weighted by atomic mass is 16.1. The molecular weight excluding hydrogens is 364 g/mol. The maximum Gasteiger partial charge on any atom is 0.270 e. The molecule has 2 fully saturated rings. The molecule has 0 aromatic carbocycles. The van der Waals surface area contributed by atoms with Gasteiger partial charge in [-0.05, 0) is 69.2 Å². The van der Waals surface area contributed by atoms with Crippen LogP contribution in [0, 0.1) is 26.2 Å². The smallest absolute Gasteiger partial charge is 0.270 e. The normalized spacial score (nSPS) is 18.0. The Hall–Kier alpha value is -2.50. The fourth-order valence-corrected chi connectivity index (χ4v) is 5.06. The number of aryl methyl sites for hydroxylation is 3. The summed E-state index contributed by atoms with van der Waals surface area (Å²) in [6.07, 6.45) is 6.72. The van der Waals surface area contributed by atoms with E-state index >= 15 is 0 Å². The monoisotopic (exact) mass is 394 g/mol. The van der Waals surface area contributed by atoms with Gasteiger partial charge in [-0.15, -0.1) is 0 Å². The van der Waals surface area contributed by atoms with E-state index in [1.165, 1.54) is 36.8 Å². The molecule has 1 aliphatic carbocycles. The number of carbonyl (C=O) groups excluding carboxylic acids is 1. The lowest BCUT2D eigenvalue weighted by Gasteiger charge is -2.24. The highest BCUT2D eigenvalue weighted by Gasteiger charge is 2.40. The second-order valence-corrected chi connectivity index (χ2v) is 9.00. The summed E-state index contributed by atoms with van der Waals surface area (Å²) >= 11 is 0. The second-order valence-electron chi connectivity index (χ2n) is 9.00. The fourth-order valence-electron chi connectivity index (χ4n) is 5.06. The summed E-state index contributed by atoms with van der Waals surface area (Å²) in [7, 11) is 0. The standard InChI is InChI=1S/C23H30N4O2/c1-16-10-21(26-9-8-23(15-26)6-4-5-7-23)25-27(22(16)29)14-20(28)13-19-11-17(2)24-18(3)12-19/h10-12H,4-9,13-15H2,1-3H3. The van der Waals surface area contributed by atoms with Crippen LogP contribution < -0.4 is 10.5 Å². The number of hydrogen-bond acceptors (Lipinski definition) is 5. The summed E-state index contributed by atoms with van der Waals surface area (Å²) in [5, 5.41) is 4.58. The lowest BCUT2D eigenvalue weighted by Crippen LogP contribution is -2.33. The molecule has 1 aliphatic heterocycles. The van der Waals surface area contributed by atoms with Crippen LogP contribution in [0.3, 0.4) is 0 Å². The van der Waals surface area contributed by atoms with Crippen LogP contribution in [0.15, 0.2) is 23.0 Å². The van der Waals surface area contributed by atoms with Crippen LogP contribution in [-0.2, 0) is 17.8 Å². The van der Waals surface area contributed by atoms with Crippen LogP contribution >= 0.6 is 0 Å². The number of rotatable bonds is 5. The van der Waals surface area contributed by atoms with Crippen molar-refractivity contribution in [3.63, 3.8) is 0 Å². The van der Waals surface area contributed by atoms with Crippen molar-refractivity contribution < 1.29 is 4.79 Å². The number of nitrogens with zero attached hydrogens (tertiary/aromatic N) is 4. The average molecular weight is 395 g/mol. The minimum absolute atomic E-state index is 0.00686. The molecule has 0 atom stereocenters. The first-order valence-electron chi connectivity index (χ1n) is 10.6. The number of anilines is 1. The van der Waals surface area contributed by atoms with Crippen LogP contribution in [0.5, 0.6) is 0 Å². The molecule has 3 heterocycles. The first kappa shape index (κ1) is 19.8. The third-order valence-electron chi connectivity index (χ3n) is 6.44. The van der Waals surface area contributed by atoms with E-state index in [0.717, 1.165) is 35.9 Å². The molecule has 0 unspecified atom stereocenters. The highest BCUT2D eigenvalue weighted by Crippen LogP contribution is 2.45. The zero-order chi connectivity index (χ0) is 20.6. The summed E-state index contributed by atoms with van der Waals surface area (Å²) in [6.45, 7) is 7.66. The maximum absolute atomic E-state index is 12.7. The summed E-state index contributed by atoms with van der Waals surface area (Å²) in [6, 6.07) is 5.73. The van der Waals surface area contributed by atoms with Crippen LogP contribution in [0.25, 0.3) is 0 Å². The predicted octanol–water partition coefficient (Wildman–Crippen LogP) is 3.15. The van der Waals surface area contributed by atoms with Crippen molar-refractivity contribution >= 4 is 11.6 Å². The van der Waals surface area contributed by atoms with Crippen molar-refractivity contribution in [2.45, 2.75) is 65.8 Å². The molecule has 0 radical (unpaired) electrons. The van der Waals surface area contributed by atoms with Gasteiger partial charge in [0.15, 0.2) is 5.78 Å². The molecule has 29 heavy (non-hydrogen) atoms. The first-order chi connectivity index (χ1) is 13.8. The SMILES string of the molecule is Cc1cc(CC(=O)Cn2nc(N3CCC4(CCCC4)C3)cc(C)c2=O)cc(C)n1. The molecular formula is C23H30N4O2. The van der Waals surface area contributed by atoms with Crippen LogP contribution in [0.4, 0.5) is 5.82 Å². The zero-order valence-corrected chi connectivity index (χ0v) is 17.7. The quantitative estimate of drug-likeness (QED) is 0.779. The van der Waals surface area contributed by atoms with E-state index in [-0.39, 0.29) is 24.3 Å². The molecule has 6 nitrogen and oxygen atoms in total. The summed E-state index contributed by atoms with van der Waals surface area (Å²) < 4.78 is 1.35. The van der Waals surface area contributed by atoms with E-state index in [4.69, 9.17) is 0 Å². The lowest BCUT2D eigenvalue weighted by atomic mass is 9.86. The van der Waals surface area contributed by atoms with E-state index in [2.05, 4.69) is 15.0 Å². The molecule has 2 aromatic rings. The Labute approximate surface area is 172 Å². The van der Waals surface area contributed by atoms with Gasteiger partial charge in [0.05, 0.1) is 0 Å². The number of Topliss-reactive ketones (excluding diaryl/α,β-unsaturated/α-hetero) is 1. The van der Waals surface area contributed by atoms with Crippen molar-refractivity contribution in [1.82, 2.24) is 14.8 Å². The van der Waals surface area contributed by atoms with Crippen molar-refractivity contribution in [2.24, 2.45) is 5.41 Å². The number of hydrogen-bond donors (Lipinski definition) is 0. The van der Waals surface area contributed by atoms with Gasteiger partial charge in [-0.1, -0.05) is 12.8 Å². The van der Waals surface area contributed by atoms with E-state index in [1.54, 1.807) is 0 Å². The van der Waals surface area contributed by atoms with Crippen molar-refractivity contribution in [1.29, 1.82) is 0 Å². The van der Waals surface area contributed by atoms with E-state index in [9.17, 15) is 9.59 Å². The first-order valence-corrected chi connectivity index (χ1v) is 10.6. The largest absolute Gasteiger partial charge is 0.355 e. The predicted molar refractivity (Wildman–Crippen MR) is 113 cm³/mol. The Morgan fingerprint density at radius 2 is 1.76 bits per heavy atom. The van der Waals surface area contributed by atoms with Gasteiger partial charge in [0.25, 0.3) is 5.56 Å². The third-order valence-corrected chi connectivity index (χ3v) is 6.44. The number of pyridine rings is 1. The molecule has 6 heteroatoms. The molecule has 154 valence electrons. The molecule has 4 rings (SSSR count). The van der Waals surface area contributed by atoms with Gasteiger partial charge in [-0.2, -0.15) is 5.10 Å². The van der Waals surface area contributed by atoms with Crippen molar-refractivity contribution in [3.8, 4) is 0 Å². The minimum atomic E-state index is -0.182. The average Bonchev–Trinajstić information content (AvgIpc) is 3.28. The van der Waals surface area contributed by atoms with E-state index in [1.807, 2.05) is 39.0 Å². The van der Waals surface area contributed by atoms with Crippen molar-refractivity contribution in [3.05, 3.63) is 51.1 Å². The van der Waals surface area contributed by atoms with Gasteiger partial charge >= 0.3 is 0 Å². The zero-order valence-electron chi connectivity index (χ0n) is 17.7. The topological polar surface area (TPSA) is 68.1 Å². The van der Waals surface area contributed by atoms with E-state index in [0.29, 0.717) is 11.0 Å². The van der Waals surface area contributed by atoms with Crippen LogP contribution in [0.1, 0.15) is 54.6 Å². The Kier molecular flexibility index (Phi) is 5.28. The minimum Gasteiger partial charge on any atom is -0.355 e. The van der Waals surface area contributed by atoms with Gasteiger partial charge < -0.3 is 4.90 Å². The fraction of sp³-hybridized carbons (Fsp3) is 0.565. The highest BCUT2D eigenvalue weighted by molar-refractivity contribution is 5.80. The second kappa shape index (κ2) is 7.73. The Balaban J connectivity index is 1.51. The van der Waals surface area contributed by atoms with E-state index < -0.39 is 0 Å². The number of carbonyl (C=O) groups is 1. The van der Waals surface area contributed by atoms with Gasteiger partial charge in [0.1, 0.15) is 12.4 Å². The number of ketones is 1. The summed E-state index contributed by atoms with van der Waals surface area (Å²) in [5.74, 6) is 0.809. The Morgan fingerprint density at radius 3 is 2.45 bits per heavy atom. The molecule has 1 saturated heterocycles. The molecule has 1 spiro atoms. The molecule has 0 amide bonds. The summed E-state index contributed by atoms with van der Waals surface area (Å²) in [4.78, 5) is 31.9. The Morgan fingerprint density at radius 1 is 1.07 bits per heavy atom. The lowest BCUT2D eigenvalue weighted by molar-refractivity contribution is -0.119. The molecule has 0 N–H and O–H groups in total. The molecule has 2 aliphatic rings. The molecule has 2 aromatic heterocycles. The Bertz CT molecular complexity index is 969. The number of aromatic nitrogens is 3. The summed E-state index contributed by atoms with van der Waals surface area (Å²) in [5.41, 5.74) is 3.63. The third kappa shape index (κ3) is 4.26. The maximum atomic E-state index is 12.7. The van der Waals surface area contributed by atoms with Gasteiger partial charge in [-0.3, -0.25) is 14.6 Å². The van der Waals surface area contributed by atoms with Gasteiger partial charge in [0.2, 0.25) is 0 Å². The molecule has 0 bridgehead atoms. The van der Waals surface area contributed by atoms with Gasteiger partial charge in [-0.25, -0.2) is 4.68 Å². The van der Waals surface area contributed by atoms with Crippen molar-refractivity contribution in [2.75, 3.05) is 18.0 Å². The van der Waals surface area contributed by atoms with Gasteiger partial charge in [0, 0.05) is 36.5 Å². The molecule has 1 saturated carbocycles.